The fourth-order valence-electron chi connectivity index (χ4n) is 5.77. The predicted molar refractivity (Wildman–Crippen MR) is 140 cm³/mol. The Morgan fingerprint density at radius 1 is 1.00 bits per heavy atom. The maximum atomic E-state index is 13.1. The number of carbonyl (C=O) groups excluding carboxylic acids is 1. The molecule has 1 saturated carbocycles. The molecular formula is C30H27F3N4O2. The van der Waals surface area contributed by atoms with E-state index < -0.39 is 11.7 Å². The number of hydrogen-bond donors (Lipinski definition) is 1. The summed E-state index contributed by atoms with van der Waals surface area (Å²) >= 11 is 0. The number of rotatable bonds is 6. The number of likely N-dealkylation sites (tertiary alicyclic amines) is 1. The van der Waals surface area contributed by atoms with Crippen molar-refractivity contribution in [3.8, 4) is 11.6 Å². The smallest absolute Gasteiger partial charge is 0.417 e. The number of carbonyl (C=O) groups is 1. The number of nitrogens with one attached hydrogen (secondary N) is 1. The topological polar surface area (TPSA) is 67.4 Å². The largest absolute Gasteiger partial charge is 0.439 e. The first kappa shape index (κ1) is 25.3. The van der Waals surface area contributed by atoms with Crippen LogP contribution < -0.4 is 10.1 Å². The molecule has 2 aromatic heterocycles. The number of hydrogen-bond acceptors (Lipinski definition) is 5. The summed E-state index contributed by atoms with van der Waals surface area (Å²) in [5.41, 5.74) is 1.44. The average Bonchev–Trinajstić information content (AvgIpc) is 3.49. The van der Waals surface area contributed by atoms with Crippen molar-refractivity contribution in [2.24, 2.45) is 11.8 Å². The number of benzene rings is 2. The van der Waals surface area contributed by atoms with Crippen LogP contribution in [-0.2, 0) is 12.7 Å². The molecule has 1 aliphatic carbocycles. The van der Waals surface area contributed by atoms with Gasteiger partial charge in [-0.1, -0.05) is 36.4 Å². The number of ether oxygens (including phenoxy) is 1. The molecular weight excluding hydrogens is 505 g/mol. The molecule has 0 radical (unpaired) electrons. The Kier molecular flexibility index (Phi) is 6.68. The van der Waals surface area contributed by atoms with Gasteiger partial charge in [0.15, 0.2) is 0 Å². The van der Waals surface area contributed by atoms with Gasteiger partial charge in [0.2, 0.25) is 5.88 Å². The highest BCUT2D eigenvalue weighted by Crippen LogP contribution is 2.39. The zero-order valence-electron chi connectivity index (χ0n) is 21.1. The van der Waals surface area contributed by atoms with Crippen molar-refractivity contribution in [2.75, 3.05) is 13.1 Å². The summed E-state index contributed by atoms with van der Waals surface area (Å²) in [7, 11) is 0. The van der Waals surface area contributed by atoms with Crippen LogP contribution in [0.4, 0.5) is 13.2 Å². The normalized spacial score (nSPS) is 21.2. The number of pyridine rings is 2. The van der Waals surface area contributed by atoms with Crippen molar-refractivity contribution in [1.82, 2.24) is 20.2 Å². The van der Waals surface area contributed by atoms with E-state index in [4.69, 9.17) is 4.74 Å². The van der Waals surface area contributed by atoms with Gasteiger partial charge in [0.1, 0.15) is 11.4 Å². The highest BCUT2D eigenvalue weighted by atomic mass is 19.4. The molecule has 6 rings (SSSR count). The van der Waals surface area contributed by atoms with E-state index in [-0.39, 0.29) is 17.8 Å². The maximum absolute atomic E-state index is 13.1. The van der Waals surface area contributed by atoms with Gasteiger partial charge in [-0.05, 0) is 60.6 Å². The maximum Gasteiger partial charge on any atom is 0.417 e. The van der Waals surface area contributed by atoms with Crippen LogP contribution in [-0.4, -0.2) is 39.9 Å². The first-order valence-electron chi connectivity index (χ1n) is 13.0. The molecule has 3 atom stereocenters. The minimum atomic E-state index is -4.45. The van der Waals surface area contributed by atoms with Gasteiger partial charge in [-0.15, -0.1) is 0 Å². The Morgan fingerprint density at radius 3 is 2.62 bits per heavy atom. The first-order valence-corrected chi connectivity index (χ1v) is 13.0. The van der Waals surface area contributed by atoms with Gasteiger partial charge in [0.05, 0.1) is 11.1 Å². The molecule has 1 N–H and O–H groups in total. The van der Waals surface area contributed by atoms with Crippen molar-refractivity contribution in [2.45, 2.75) is 31.6 Å². The molecule has 2 aromatic carbocycles. The molecule has 2 fully saturated rings. The molecule has 1 amide bonds. The van der Waals surface area contributed by atoms with E-state index in [0.717, 1.165) is 50.1 Å². The van der Waals surface area contributed by atoms with Gasteiger partial charge >= 0.3 is 6.18 Å². The van der Waals surface area contributed by atoms with E-state index in [2.05, 4.69) is 44.5 Å². The number of aromatic nitrogens is 2. The fourth-order valence-corrected chi connectivity index (χ4v) is 5.77. The van der Waals surface area contributed by atoms with E-state index in [1.807, 2.05) is 6.07 Å². The van der Waals surface area contributed by atoms with Gasteiger partial charge in [0, 0.05) is 43.3 Å². The molecule has 0 spiro atoms. The molecule has 3 heterocycles. The van der Waals surface area contributed by atoms with Crippen LogP contribution in [0.3, 0.4) is 0 Å². The Balaban J connectivity index is 1.09. The Bertz CT molecular complexity index is 1480. The van der Waals surface area contributed by atoms with Gasteiger partial charge in [0.25, 0.3) is 5.91 Å². The highest BCUT2D eigenvalue weighted by molar-refractivity contribution is 5.95. The van der Waals surface area contributed by atoms with Crippen molar-refractivity contribution < 1.29 is 22.7 Å². The van der Waals surface area contributed by atoms with E-state index in [1.165, 1.54) is 11.6 Å². The summed E-state index contributed by atoms with van der Waals surface area (Å²) in [6, 6.07) is 21.3. The third-order valence-corrected chi connectivity index (χ3v) is 7.68. The van der Waals surface area contributed by atoms with E-state index >= 15 is 0 Å². The van der Waals surface area contributed by atoms with Gasteiger partial charge in [-0.2, -0.15) is 13.2 Å². The van der Waals surface area contributed by atoms with Crippen LogP contribution in [0, 0.1) is 11.8 Å². The van der Waals surface area contributed by atoms with E-state index in [0.29, 0.717) is 28.8 Å². The van der Waals surface area contributed by atoms with E-state index in [1.54, 1.807) is 30.3 Å². The van der Waals surface area contributed by atoms with Crippen molar-refractivity contribution >= 4 is 16.8 Å². The van der Waals surface area contributed by atoms with Crippen LogP contribution in [0.5, 0.6) is 11.6 Å². The number of fused-ring (bicyclic) bond motifs is 2. The highest BCUT2D eigenvalue weighted by Gasteiger charge is 2.43. The van der Waals surface area contributed by atoms with Crippen LogP contribution in [0.1, 0.15) is 34.5 Å². The first-order chi connectivity index (χ1) is 18.8. The molecule has 9 heteroatoms. The average molecular weight is 533 g/mol. The molecule has 1 aliphatic heterocycles. The second-order valence-corrected chi connectivity index (χ2v) is 10.3. The SMILES string of the molecule is O=C(NC1CCC2CN(Cc3ccccc3)CC21)c1ccc2cc(Oc3ccc(C(F)(F)F)cn3)ccc2n1. The Hall–Kier alpha value is -3.98. The second-order valence-electron chi connectivity index (χ2n) is 10.3. The lowest BCUT2D eigenvalue weighted by molar-refractivity contribution is -0.137. The summed E-state index contributed by atoms with van der Waals surface area (Å²) in [6.45, 7) is 2.97. The minimum Gasteiger partial charge on any atom is -0.439 e. The quantitative estimate of drug-likeness (QED) is 0.326. The molecule has 2 aliphatic rings. The molecule has 4 aromatic rings. The number of halogens is 3. The fraction of sp³-hybridized carbons (Fsp3) is 0.300. The molecule has 0 bridgehead atoms. The lowest BCUT2D eigenvalue weighted by Crippen LogP contribution is -2.40. The summed E-state index contributed by atoms with van der Waals surface area (Å²) in [4.78, 5) is 23.9. The molecule has 3 unspecified atom stereocenters. The Morgan fingerprint density at radius 2 is 1.85 bits per heavy atom. The van der Waals surface area contributed by atoms with E-state index in [9.17, 15) is 18.0 Å². The van der Waals surface area contributed by atoms with Crippen LogP contribution >= 0.6 is 0 Å². The van der Waals surface area contributed by atoms with Crippen molar-refractivity contribution in [3.63, 3.8) is 0 Å². The molecule has 1 saturated heterocycles. The summed E-state index contributed by atoms with van der Waals surface area (Å²) in [5, 5.41) is 3.97. The summed E-state index contributed by atoms with van der Waals surface area (Å²) in [6.07, 6.45) is -1.62. The van der Waals surface area contributed by atoms with Crippen LogP contribution in [0.25, 0.3) is 10.9 Å². The number of alkyl halides is 3. The van der Waals surface area contributed by atoms with Crippen LogP contribution in [0.15, 0.2) is 79.0 Å². The predicted octanol–water partition coefficient (Wildman–Crippen LogP) is 6.08. The monoisotopic (exact) mass is 532 g/mol. The third kappa shape index (κ3) is 5.59. The lowest BCUT2D eigenvalue weighted by Gasteiger charge is -2.22. The summed E-state index contributed by atoms with van der Waals surface area (Å²) < 4.78 is 43.9. The standard InChI is InChI=1S/C30H27F3N4O2/c31-30(32,33)22-8-13-28(34-15-22)39-23-9-12-25-20(14-23)6-11-27(35-25)29(38)36-26-10-7-21-17-37(18-24(21)26)16-19-4-2-1-3-5-19/h1-6,8-9,11-15,21,24,26H,7,10,16-18H2,(H,36,38). The molecule has 39 heavy (non-hydrogen) atoms. The van der Waals surface area contributed by atoms with Gasteiger partial charge < -0.3 is 10.1 Å². The zero-order chi connectivity index (χ0) is 27.0. The van der Waals surface area contributed by atoms with Crippen molar-refractivity contribution in [3.05, 3.63) is 95.8 Å². The number of nitrogens with zero attached hydrogens (tertiary/aromatic N) is 3. The van der Waals surface area contributed by atoms with Crippen LogP contribution in [0.2, 0.25) is 0 Å². The zero-order valence-corrected chi connectivity index (χ0v) is 21.1. The van der Waals surface area contributed by atoms with Gasteiger partial charge in [-0.3, -0.25) is 9.69 Å². The summed E-state index contributed by atoms with van der Waals surface area (Å²) in [5.74, 6) is 1.32. The second kappa shape index (κ2) is 10.3. The third-order valence-electron chi connectivity index (χ3n) is 7.68. The van der Waals surface area contributed by atoms with Gasteiger partial charge in [-0.25, -0.2) is 9.97 Å². The minimum absolute atomic E-state index is 0.0513. The molecule has 200 valence electrons. The number of amides is 1. The molecule has 6 nitrogen and oxygen atoms in total. The Labute approximate surface area is 223 Å². The van der Waals surface area contributed by atoms with Crippen molar-refractivity contribution in [1.29, 1.82) is 0 Å². The lowest BCUT2D eigenvalue weighted by atomic mass is 9.97.